The molecular formula is C5H6F4. The monoisotopic (exact) mass is 142 g/mol. The lowest BCUT2D eigenvalue weighted by atomic mass is 9.82. The van der Waals surface area contributed by atoms with Crippen molar-refractivity contribution in [2.24, 2.45) is 5.92 Å². The van der Waals surface area contributed by atoms with E-state index in [-0.39, 0.29) is 0 Å². The highest BCUT2D eigenvalue weighted by Crippen LogP contribution is 2.45. The van der Waals surface area contributed by atoms with Crippen molar-refractivity contribution in [3.63, 3.8) is 0 Å². The molecule has 9 heavy (non-hydrogen) atoms. The Balaban J connectivity index is 2.27. The van der Waals surface area contributed by atoms with Gasteiger partial charge < -0.3 is 0 Å². The Morgan fingerprint density at radius 3 is 1.78 bits per heavy atom. The van der Waals surface area contributed by atoms with Gasteiger partial charge in [0.15, 0.2) is 0 Å². The van der Waals surface area contributed by atoms with Gasteiger partial charge in [0.05, 0.1) is 0 Å². The standard InChI is InChI=1S/C5H6F4/c6-4(7)3-1-5(8,9)2-3/h3-4H,1-2H2. The fourth-order valence-corrected chi connectivity index (χ4v) is 0.886. The van der Waals surface area contributed by atoms with Gasteiger partial charge in [-0.25, -0.2) is 17.6 Å². The van der Waals surface area contributed by atoms with E-state index in [1.165, 1.54) is 0 Å². The first-order chi connectivity index (χ1) is 4.01. The van der Waals surface area contributed by atoms with Crippen LogP contribution in [0.2, 0.25) is 0 Å². The molecule has 0 aliphatic heterocycles. The van der Waals surface area contributed by atoms with Crippen LogP contribution in [0.15, 0.2) is 0 Å². The predicted octanol–water partition coefficient (Wildman–Crippen LogP) is 2.30. The molecule has 0 spiro atoms. The van der Waals surface area contributed by atoms with Gasteiger partial charge in [-0.3, -0.25) is 0 Å². The number of rotatable bonds is 1. The summed E-state index contributed by atoms with van der Waals surface area (Å²) in [5.41, 5.74) is 0. The Labute approximate surface area is 49.9 Å². The van der Waals surface area contributed by atoms with E-state index in [1.807, 2.05) is 0 Å². The first-order valence-corrected chi connectivity index (χ1v) is 2.67. The number of hydrogen-bond donors (Lipinski definition) is 0. The second kappa shape index (κ2) is 1.85. The van der Waals surface area contributed by atoms with Crippen LogP contribution >= 0.6 is 0 Å². The van der Waals surface area contributed by atoms with Gasteiger partial charge in [0.1, 0.15) is 0 Å². The lowest BCUT2D eigenvalue weighted by molar-refractivity contribution is -0.149. The van der Waals surface area contributed by atoms with Crippen LogP contribution in [0.25, 0.3) is 0 Å². The highest BCUT2D eigenvalue weighted by atomic mass is 19.3. The average Bonchev–Trinajstić information content (AvgIpc) is 1.59. The summed E-state index contributed by atoms with van der Waals surface area (Å²) in [4.78, 5) is 0. The Kier molecular flexibility index (Phi) is 1.41. The number of alkyl halides is 4. The van der Waals surface area contributed by atoms with Gasteiger partial charge in [-0.2, -0.15) is 0 Å². The number of hydrogen-bond acceptors (Lipinski definition) is 0. The van der Waals surface area contributed by atoms with Crippen LogP contribution in [-0.2, 0) is 0 Å². The molecule has 0 aromatic rings. The van der Waals surface area contributed by atoms with Gasteiger partial charge in [-0.15, -0.1) is 0 Å². The molecule has 0 nitrogen and oxygen atoms in total. The minimum Gasteiger partial charge on any atom is -0.210 e. The summed E-state index contributed by atoms with van der Waals surface area (Å²) in [6, 6.07) is 0. The van der Waals surface area contributed by atoms with E-state index in [0.717, 1.165) is 0 Å². The Morgan fingerprint density at radius 1 is 1.22 bits per heavy atom. The van der Waals surface area contributed by atoms with Crippen molar-refractivity contribution in [2.75, 3.05) is 0 Å². The lowest BCUT2D eigenvalue weighted by Gasteiger charge is -2.33. The molecule has 54 valence electrons. The van der Waals surface area contributed by atoms with Crippen molar-refractivity contribution in [2.45, 2.75) is 25.2 Å². The molecule has 0 radical (unpaired) electrons. The third-order valence-corrected chi connectivity index (χ3v) is 1.48. The van der Waals surface area contributed by atoms with E-state index in [0.29, 0.717) is 0 Å². The zero-order chi connectivity index (χ0) is 7.07. The van der Waals surface area contributed by atoms with Gasteiger partial charge >= 0.3 is 0 Å². The van der Waals surface area contributed by atoms with Crippen LogP contribution in [0, 0.1) is 5.92 Å². The van der Waals surface area contributed by atoms with Gasteiger partial charge in [-0.05, 0) is 0 Å². The second-order valence-corrected chi connectivity index (χ2v) is 2.36. The van der Waals surface area contributed by atoms with Crippen molar-refractivity contribution in [3.8, 4) is 0 Å². The normalized spacial score (nSPS) is 26.3. The third-order valence-electron chi connectivity index (χ3n) is 1.48. The molecule has 0 saturated heterocycles. The molecular weight excluding hydrogens is 136 g/mol. The average molecular weight is 142 g/mol. The summed E-state index contributed by atoms with van der Waals surface area (Å²) in [6.45, 7) is 0. The molecule has 0 heterocycles. The minimum atomic E-state index is -2.80. The molecule has 1 saturated carbocycles. The smallest absolute Gasteiger partial charge is 0.210 e. The van der Waals surface area contributed by atoms with E-state index in [9.17, 15) is 17.6 Å². The highest BCUT2D eigenvalue weighted by Gasteiger charge is 2.49. The Morgan fingerprint density at radius 2 is 1.67 bits per heavy atom. The van der Waals surface area contributed by atoms with Crippen LogP contribution in [0.3, 0.4) is 0 Å². The fraction of sp³-hybridized carbons (Fsp3) is 1.00. The molecule has 0 aromatic heterocycles. The summed E-state index contributed by atoms with van der Waals surface area (Å²) in [5.74, 6) is -3.86. The van der Waals surface area contributed by atoms with E-state index in [4.69, 9.17) is 0 Å². The zero-order valence-electron chi connectivity index (χ0n) is 4.58. The summed E-state index contributed by atoms with van der Waals surface area (Å²) < 4.78 is 46.6. The van der Waals surface area contributed by atoms with Gasteiger partial charge in [0.2, 0.25) is 12.3 Å². The lowest BCUT2D eigenvalue weighted by Crippen LogP contribution is -2.39. The molecule has 0 N–H and O–H groups in total. The Bertz CT molecular complexity index is 102. The summed E-state index contributed by atoms with van der Waals surface area (Å²) >= 11 is 0. The van der Waals surface area contributed by atoms with Crippen molar-refractivity contribution < 1.29 is 17.6 Å². The van der Waals surface area contributed by atoms with E-state index in [2.05, 4.69) is 0 Å². The summed E-state index contributed by atoms with van der Waals surface area (Å²) in [6.07, 6.45) is -3.83. The van der Waals surface area contributed by atoms with Crippen LogP contribution in [0.1, 0.15) is 12.8 Å². The van der Waals surface area contributed by atoms with Gasteiger partial charge in [0, 0.05) is 18.8 Å². The summed E-state index contributed by atoms with van der Waals surface area (Å²) in [7, 11) is 0. The van der Waals surface area contributed by atoms with Crippen molar-refractivity contribution in [1.29, 1.82) is 0 Å². The van der Waals surface area contributed by atoms with Crippen LogP contribution < -0.4 is 0 Å². The molecule has 4 heteroatoms. The minimum absolute atomic E-state index is 0.634. The molecule has 1 aliphatic rings. The molecule has 0 aromatic carbocycles. The maximum absolute atomic E-state index is 11.8. The van der Waals surface area contributed by atoms with Crippen molar-refractivity contribution in [1.82, 2.24) is 0 Å². The van der Waals surface area contributed by atoms with Crippen molar-refractivity contribution >= 4 is 0 Å². The maximum atomic E-state index is 11.8. The topological polar surface area (TPSA) is 0 Å². The first-order valence-electron chi connectivity index (χ1n) is 2.67. The second-order valence-electron chi connectivity index (χ2n) is 2.36. The predicted molar refractivity (Wildman–Crippen MR) is 23.7 cm³/mol. The molecule has 0 bridgehead atoms. The SMILES string of the molecule is FC(F)C1CC(F)(F)C1. The van der Waals surface area contributed by atoms with Crippen LogP contribution in [0.5, 0.6) is 0 Å². The zero-order valence-corrected chi connectivity index (χ0v) is 4.58. The molecule has 0 amide bonds. The first kappa shape index (κ1) is 6.83. The van der Waals surface area contributed by atoms with E-state index < -0.39 is 31.1 Å². The quantitative estimate of drug-likeness (QED) is 0.493. The van der Waals surface area contributed by atoms with E-state index >= 15 is 0 Å². The molecule has 1 rings (SSSR count). The van der Waals surface area contributed by atoms with Crippen molar-refractivity contribution in [3.05, 3.63) is 0 Å². The summed E-state index contributed by atoms with van der Waals surface area (Å²) in [5, 5.41) is 0. The largest absolute Gasteiger partial charge is 0.249 e. The Hall–Kier alpha value is -0.280. The number of halogens is 4. The highest BCUT2D eigenvalue weighted by molar-refractivity contribution is 4.87. The third kappa shape index (κ3) is 1.34. The van der Waals surface area contributed by atoms with Crippen LogP contribution in [0.4, 0.5) is 17.6 Å². The van der Waals surface area contributed by atoms with E-state index in [1.54, 1.807) is 0 Å². The fourth-order valence-electron chi connectivity index (χ4n) is 0.886. The van der Waals surface area contributed by atoms with Gasteiger partial charge in [-0.1, -0.05) is 0 Å². The molecule has 0 unspecified atom stereocenters. The maximum Gasteiger partial charge on any atom is 0.249 e. The molecule has 1 aliphatic carbocycles. The van der Waals surface area contributed by atoms with Crippen LogP contribution in [-0.4, -0.2) is 12.3 Å². The molecule has 0 atom stereocenters. The molecule has 1 fully saturated rings. The van der Waals surface area contributed by atoms with Gasteiger partial charge in [0.25, 0.3) is 0 Å².